The van der Waals surface area contributed by atoms with E-state index >= 15 is 0 Å². The second-order valence-corrected chi connectivity index (χ2v) is 8.31. The van der Waals surface area contributed by atoms with Crippen LogP contribution in [0.1, 0.15) is 28.3 Å². The predicted molar refractivity (Wildman–Crippen MR) is 106 cm³/mol. The van der Waals surface area contributed by atoms with Crippen molar-refractivity contribution in [2.45, 2.75) is 25.4 Å². The van der Waals surface area contributed by atoms with Crippen LogP contribution in [0.25, 0.3) is 10.9 Å². The van der Waals surface area contributed by atoms with Crippen molar-refractivity contribution in [2.75, 3.05) is 25.0 Å². The molecule has 3 aliphatic heterocycles. The molecule has 3 N–H and O–H groups in total. The molecule has 1 aromatic carbocycles. The fraction of sp³-hybridized carbons (Fsp3) is 0.421. The highest BCUT2D eigenvalue weighted by Crippen LogP contribution is 2.28. The van der Waals surface area contributed by atoms with Gasteiger partial charge in [0.15, 0.2) is 5.69 Å². The van der Waals surface area contributed by atoms with Crippen molar-refractivity contribution < 1.29 is 4.79 Å². The van der Waals surface area contributed by atoms with Crippen LogP contribution in [0.15, 0.2) is 29.8 Å². The molecule has 5 heterocycles. The third-order valence-electron chi connectivity index (χ3n) is 5.68. The van der Waals surface area contributed by atoms with Gasteiger partial charge >= 0.3 is 0 Å². The van der Waals surface area contributed by atoms with E-state index in [-0.39, 0.29) is 11.9 Å². The smallest absolute Gasteiger partial charge is 0.272 e. The number of hydrogen-bond acceptors (Lipinski definition) is 6. The van der Waals surface area contributed by atoms with Gasteiger partial charge in [0.05, 0.1) is 12.1 Å². The Morgan fingerprint density at radius 1 is 1.33 bits per heavy atom. The van der Waals surface area contributed by atoms with Gasteiger partial charge in [0, 0.05) is 35.2 Å². The van der Waals surface area contributed by atoms with Gasteiger partial charge in [-0.2, -0.15) is 5.10 Å². The van der Waals surface area contributed by atoms with Crippen LogP contribution in [0, 0.1) is 5.92 Å². The quantitative estimate of drug-likeness (QED) is 0.631. The first kappa shape index (κ1) is 16.7. The van der Waals surface area contributed by atoms with Crippen molar-refractivity contribution in [3.8, 4) is 0 Å². The zero-order chi connectivity index (χ0) is 18.2. The predicted octanol–water partition coefficient (Wildman–Crippen LogP) is 2.46. The highest BCUT2D eigenvalue weighted by atomic mass is 32.1. The number of carbonyl (C=O) groups is 1. The molecule has 27 heavy (non-hydrogen) atoms. The molecule has 3 aliphatic rings. The van der Waals surface area contributed by atoms with Gasteiger partial charge in [-0.1, -0.05) is 0 Å². The molecule has 3 saturated heterocycles. The average molecular weight is 382 g/mol. The Morgan fingerprint density at radius 2 is 2.22 bits per heavy atom. The summed E-state index contributed by atoms with van der Waals surface area (Å²) in [5.74, 6) is 0.511. The molecule has 0 spiro atoms. The van der Waals surface area contributed by atoms with Gasteiger partial charge in [-0.25, -0.2) is 4.98 Å². The topological polar surface area (TPSA) is 85.9 Å². The molecule has 1 atom stereocenters. The van der Waals surface area contributed by atoms with Gasteiger partial charge in [-0.15, -0.1) is 11.3 Å². The summed E-state index contributed by atoms with van der Waals surface area (Å²) in [4.78, 5) is 19.6. The summed E-state index contributed by atoms with van der Waals surface area (Å²) in [6.07, 6.45) is 4.16. The fourth-order valence-corrected chi connectivity index (χ4v) is 4.74. The zero-order valence-electron chi connectivity index (χ0n) is 14.9. The first-order valence-electron chi connectivity index (χ1n) is 9.40. The van der Waals surface area contributed by atoms with Gasteiger partial charge in [0.2, 0.25) is 0 Å². The van der Waals surface area contributed by atoms with Gasteiger partial charge in [-0.3, -0.25) is 9.89 Å². The Balaban J connectivity index is 1.33. The van der Waals surface area contributed by atoms with E-state index in [1.807, 2.05) is 23.6 Å². The van der Waals surface area contributed by atoms with Crippen LogP contribution in [-0.4, -0.2) is 51.7 Å². The molecule has 3 aromatic rings. The summed E-state index contributed by atoms with van der Waals surface area (Å²) < 4.78 is 0. The highest BCUT2D eigenvalue weighted by Gasteiger charge is 2.35. The van der Waals surface area contributed by atoms with Gasteiger partial charge in [0.25, 0.3) is 5.91 Å². The first-order valence-corrected chi connectivity index (χ1v) is 10.3. The first-order chi connectivity index (χ1) is 13.3. The molecule has 6 rings (SSSR count). The number of aromatic amines is 1. The monoisotopic (exact) mass is 382 g/mol. The van der Waals surface area contributed by atoms with Crippen molar-refractivity contribution in [3.05, 3.63) is 40.5 Å². The maximum absolute atomic E-state index is 12.9. The maximum Gasteiger partial charge on any atom is 0.272 e. The van der Waals surface area contributed by atoms with E-state index < -0.39 is 0 Å². The summed E-state index contributed by atoms with van der Waals surface area (Å²) in [6, 6.07) is 6.16. The number of aromatic nitrogens is 3. The fourth-order valence-electron chi connectivity index (χ4n) is 4.18. The summed E-state index contributed by atoms with van der Waals surface area (Å²) in [7, 11) is 0. The summed E-state index contributed by atoms with van der Waals surface area (Å²) in [5.41, 5.74) is 2.30. The molecular formula is C19H22N6OS. The Labute approximate surface area is 161 Å². The van der Waals surface area contributed by atoms with Gasteiger partial charge < -0.3 is 15.5 Å². The lowest BCUT2D eigenvalue weighted by molar-refractivity contribution is 0.0618. The number of piperidine rings is 3. The largest absolute Gasteiger partial charge is 0.379 e. The number of benzene rings is 1. The number of amides is 1. The number of nitrogens with zero attached hydrogens (tertiary/aromatic N) is 3. The number of nitrogens with one attached hydrogen (secondary N) is 3. The van der Waals surface area contributed by atoms with Gasteiger partial charge in [0.1, 0.15) is 5.01 Å². The van der Waals surface area contributed by atoms with Crippen LogP contribution in [0.4, 0.5) is 5.69 Å². The molecule has 8 heteroatoms. The van der Waals surface area contributed by atoms with Crippen molar-refractivity contribution in [1.29, 1.82) is 0 Å². The van der Waals surface area contributed by atoms with E-state index in [0.717, 1.165) is 41.2 Å². The molecule has 1 amide bonds. The molecule has 0 unspecified atom stereocenters. The van der Waals surface area contributed by atoms with E-state index in [1.165, 1.54) is 12.8 Å². The molecule has 0 radical (unpaired) electrons. The van der Waals surface area contributed by atoms with Crippen molar-refractivity contribution >= 4 is 33.8 Å². The number of carbonyl (C=O) groups excluding carboxylic acids is 1. The Bertz CT molecular complexity index is 944. The highest BCUT2D eigenvalue weighted by molar-refractivity contribution is 7.09. The van der Waals surface area contributed by atoms with E-state index in [4.69, 9.17) is 0 Å². The van der Waals surface area contributed by atoms with Crippen molar-refractivity contribution in [2.24, 2.45) is 5.92 Å². The Kier molecular flexibility index (Phi) is 4.29. The lowest BCUT2D eigenvalue weighted by Crippen LogP contribution is -2.57. The minimum atomic E-state index is -0.0860. The molecule has 0 saturated carbocycles. The molecule has 3 fully saturated rings. The number of H-pyrrole nitrogens is 1. The van der Waals surface area contributed by atoms with E-state index in [0.29, 0.717) is 18.2 Å². The number of thiazole rings is 1. The van der Waals surface area contributed by atoms with E-state index in [2.05, 4.69) is 30.7 Å². The summed E-state index contributed by atoms with van der Waals surface area (Å²) in [5, 5.41) is 17.7. The summed E-state index contributed by atoms with van der Waals surface area (Å²) in [6.45, 7) is 3.95. The minimum absolute atomic E-state index is 0.0860. The number of fused-ring (bicyclic) bond motifs is 4. The number of rotatable bonds is 5. The second kappa shape index (κ2) is 6.94. The van der Waals surface area contributed by atoms with Crippen molar-refractivity contribution in [1.82, 2.24) is 25.4 Å². The third kappa shape index (κ3) is 3.30. The Morgan fingerprint density at radius 3 is 2.96 bits per heavy atom. The zero-order valence-corrected chi connectivity index (χ0v) is 15.8. The molecule has 140 valence electrons. The number of hydrogen-bond donors (Lipinski definition) is 3. The third-order valence-corrected chi connectivity index (χ3v) is 6.46. The normalized spacial score (nSPS) is 24.2. The molecule has 0 aliphatic carbocycles. The Hall–Kier alpha value is -2.45. The van der Waals surface area contributed by atoms with Crippen LogP contribution < -0.4 is 10.6 Å². The maximum atomic E-state index is 12.9. The average Bonchev–Trinajstić information content (AvgIpc) is 3.37. The van der Waals surface area contributed by atoms with Gasteiger partial charge in [-0.05, 0) is 50.0 Å². The van der Waals surface area contributed by atoms with Crippen LogP contribution in [0.5, 0.6) is 0 Å². The van der Waals surface area contributed by atoms with Crippen molar-refractivity contribution in [3.63, 3.8) is 0 Å². The minimum Gasteiger partial charge on any atom is -0.379 e. The SMILES string of the molecule is O=C(N[C@H]1CN2CCC1CC2)c1n[nH]c2ccc(NCc3nccs3)cc12. The number of anilines is 1. The van der Waals surface area contributed by atoms with Crippen LogP contribution in [0.2, 0.25) is 0 Å². The summed E-state index contributed by atoms with van der Waals surface area (Å²) >= 11 is 1.62. The lowest BCUT2D eigenvalue weighted by atomic mass is 9.84. The lowest BCUT2D eigenvalue weighted by Gasteiger charge is -2.44. The van der Waals surface area contributed by atoms with Crippen LogP contribution >= 0.6 is 11.3 Å². The molecule has 7 nitrogen and oxygen atoms in total. The molecule has 2 aromatic heterocycles. The molecule has 2 bridgehead atoms. The molecular weight excluding hydrogens is 360 g/mol. The van der Waals surface area contributed by atoms with Crippen LogP contribution in [-0.2, 0) is 6.54 Å². The standard InChI is InChI=1S/C19H22N6OS/c26-19(22-16-11-25-6-3-12(16)4-7-25)18-14-9-13(1-2-15(14)23-24-18)21-10-17-20-5-8-27-17/h1-2,5,8-9,12,16,21H,3-4,6-7,10-11H2,(H,22,26)(H,23,24)/t16-/m0/s1. The van der Waals surface area contributed by atoms with E-state index in [1.54, 1.807) is 17.5 Å². The second-order valence-electron chi connectivity index (χ2n) is 7.33. The van der Waals surface area contributed by atoms with Crippen LogP contribution in [0.3, 0.4) is 0 Å². The van der Waals surface area contributed by atoms with E-state index in [9.17, 15) is 4.79 Å².